The molecule has 0 aromatic heterocycles. The molecule has 2 unspecified atom stereocenters. The van der Waals surface area contributed by atoms with Crippen molar-refractivity contribution in [1.29, 1.82) is 0 Å². The van der Waals surface area contributed by atoms with Gasteiger partial charge < -0.3 is 35.2 Å². The SMILES string of the molecule is C=CCc1c(N2CCNCC2C)cc(Cc2cccc(C(=O)N3CCC(=CC(=O)OCC)CC3)c2)c(N2CCNCC2C)c1O. The Morgan fingerprint density at radius 2 is 1.71 bits per heavy atom. The number of hydrogen-bond acceptors (Lipinski definition) is 8. The second-order valence-corrected chi connectivity index (χ2v) is 12.4. The van der Waals surface area contributed by atoms with E-state index in [0.29, 0.717) is 56.7 Å². The fourth-order valence-electron chi connectivity index (χ4n) is 6.87. The van der Waals surface area contributed by atoms with Gasteiger partial charge in [0.25, 0.3) is 5.91 Å². The molecule has 0 aliphatic carbocycles. The summed E-state index contributed by atoms with van der Waals surface area (Å²) in [7, 11) is 0. The lowest BCUT2D eigenvalue weighted by atomic mass is 9.93. The van der Waals surface area contributed by atoms with Gasteiger partial charge in [0.05, 0.1) is 12.3 Å². The van der Waals surface area contributed by atoms with Gasteiger partial charge in [-0.15, -0.1) is 6.58 Å². The molecule has 2 aromatic rings. The first-order valence-electron chi connectivity index (χ1n) is 16.5. The molecule has 3 N–H and O–H groups in total. The van der Waals surface area contributed by atoms with Crippen LogP contribution in [-0.2, 0) is 22.4 Å². The first kappa shape index (κ1) is 32.6. The van der Waals surface area contributed by atoms with Crippen molar-refractivity contribution < 1.29 is 19.4 Å². The van der Waals surface area contributed by atoms with Crippen LogP contribution >= 0.6 is 0 Å². The van der Waals surface area contributed by atoms with E-state index in [1.54, 1.807) is 13.0 Å². The molecule has 9 heteroatoms. The van der Waals surface area contributed by atoms with Crippen LogP contribution in [0.4, 0.5) is 11.4 Å². The van der Waals surface area contributed by atoms with Crippen LogP contribution in [0.15, 0.2) is 54.6 Å². The van der Waals surface area contributed by atoms with Crippen molar-refractivity contribution in [1.82, 2.24) is 15.5 Å². The van der Waals surface area contributed by atoms with Gasteiger partial charge in [0, 0.05) is 87.3 Å². The second kappa shape index (κ2) is 15.0. The van der Waals surface area contributed by atoms with Crippen LogP contribution in [0.3, 0.4) is 0 Å². The molecule has 2 atom stereocenters. The highest BCUT2D eigenvalue weighted by molar-refractivity contribution is 5.94. The number of benzene rings is 2. The summed E-state index contributed by atoms with van der Waals surface area (Å²) in [5.74, 6) is 0.0317. The summed E-state index contributed by atoms with van der Waals surface area (Å²) in [6.45, 7) is 16.9. The summed E-state index contributed by atoms with van der Waals surface area (Å²) in [5.41, 5.74) is 6.65. The largest absolute Gasteiger partial charge is 0.505 e. The van der Waals surface area contributed by atoms with Gasteiger partial charge in [-0.3, -0.25) is 4.79 Å². The third-order valence-electron chi connectivity index (χ3n) is 9.25. The standard InChI is InChI=1S/C36H49N5O4/c1-5-8-31-32(40-17-13-37-23-25(40)3)22-30(34(35(31)43)41-18-14-38-24-26(41)4)20-28-9-7-10-29(19-28)36(44)39-15-11-27(12-16-39)21-33(42)45-6-2/h5,7,9-10,19,21-22,25-26,37-38,43H,1,6,8,11-18,20,23-24H2,2-4H3. The molecule has 0 spiro atoms. The number of piperidine rings is 1. The Morgan fingerprint density at radius 3 is 2.36 bits per heavy atom. The number of phenolic OH excluding ortho intramolecular Hbond substituents is 1. The first-order valence-corrected chi connectivity index (χ1v) is 16.5. The van der Waals surface area contributed by atoms with E-state index in [-0.39, 0.29) is 24.0 Å². The third-order valence-corrected chi connectivity index (χ3v) is 9.25. The predicted molar refractivity (Wildman–Crippen MR) is 180 cm³/mol. The number of rotatable bonds is 9. The molecule has 3 aliphatic rings. The minimum absolute atomic E-state index is 0.00231. The minimum Gasteiger partial charge on any atom is -0.505 e. The normalized spacial score (nSPS) is 20.6. The number of allylic oxidation sites excluding steroid dienone is 1. The van der Waals surface area contributed by atoms with Crippen molar-refractivity contribution in [3.05, 3.63) is 76.9 Å². The summed E-state index contributed by atoms with van der Waals surface area (Å²) in [6.07, 6.45) is 5.96. The lowest BCUT2D eigenvalue weighted by molar-refractivity contribution is -0.137. The van der Waals surface area contributed by atoms with E-state index in [1.165, 1.54) is 0 Å². The van der Waals surface area contributed by atoms with Crippen LogP contribution < -0.4 is 20.4 Å². The molecule has 3 heterocycles. The molecule has 3 aliphatic heterocycles. The zero-order valence-corrected chi connectivity index (χ0v) is 27.1. The summed E-state index contributed by atoms with van der Waals surface area (Å²) >= 11 is 0. The molecular formula is C36H49N5O4. The fourth-order valence-corrected chi connectivity index (χ4v) is 6.87. The highest BCUT2D eigenvalue weighted by Gasteiger charge is 2.30. The smallest absolute Gasteiger partial charge is 0.330 e. The van der Waals surface area contributed by atoms with Gasteiger partial charge in [-0.2, -0.15) is 0 Å². The zero-order valence-electron chi connectivity index (χ0n) is 27.1. The average Bonchev–Trinajstić information content (AvgIpc) is 3.04. The van der Waals surface area contributed by atoms with Gasteiger partial charge in [0.15, 0.2) is 0 Å². The van der Waals surface area contributed by atoms with E-state index < -0.39 is 0 Å². The number of esters is 1. The summed E-state index contributed by atoms with van der Waals surface area (Å²) in [4.78, 5) is 32.1. The molecule has 1 amide bonds. The van der Waals surface area contributed by atoms with E-state index >= 15 is 0 Å². The number of anilines is 2. The highest BCUT2D eigenvalue weighted by atomic mass is 16.5. The Morgan fingerprint density at radius 1 is 1.02 bits per heavy atom. The third kappa shape index (κ3) is 7.53. The van der Waals surface area contributed by atoms with Gasteiger partial charge in [-0.05, 0) is 75.8 Å². The molecule has 0 bridgehead atoms. The van der Waals surface area contributed by atoms with Crippen molar-refractivity contribution in [2.24, 2.45) is 0 Å². The number of aromatic hydroxyl groups is 1. The Labute approximate surface area is 267 Å². The Bertz CT molecular complexity index is 1410. The van der Waals surface area contributed by atoms with Gasteiger partial charge in [-0.1, -0.05) is 23.8 Å². The Balaban J connectivity index is 1.45. The van der Waals surface area contributed by atoms with Gasteiger partial charge in [0.1, 0.15) is 5.75 Å². The number of hydrogen-bond donors (Lipinski definition) is 3. The van der Waals surface area contributed by atoms with E-state index in [4.69, 9.17) is 4.74 Å². The molecular weight excluding hydrogens is 566 g/mol. The van der Waals surface area contributed by atoms with Crippen LogP contribution in [0, 0.1) is 0 Å². The quantitative estimate of drug-likeness (QED) is 0.221. The van der Waals surface area contributed by atoms with Crippen LogP contribution in [0.5, 0.6) is 5.75 Å². The topological polar surface area (TPSA) is 97.4 Å². The Hall–Kier alpha value is -3.82. The number of ether oxygens (including phenoxy) is 1. The maximum Gasteiger partial charge on any atom is 0.330 e. The molecule has 2 aromatic carbocycles. The lowest BCUT2D eigenvalue weighted by Crippen LogP contribution is -2.51. The Kier molecular flexibility index (Phi) is 10.8. The second-order valence-electron chi connectivity index (χ2n) is 12.4. The highest BCUT2D eigenvalue weighted by Crippen LogP contribution is 2.44. The molecule has 5 rings (SSSR count). The molecule has 3 fully saturated rings. The molecule has 242 valence electrons. The first-order chi connectivity index (χ1) is 21.8. The van der Waals surface area contributed by atoms with Crippen molar-refractivity contribution in [2.45, 2.75) is 58.5 Å². The number of carbonyl (C=O) groups is 2. The number of nitrogens with zero attached hydrogens (tertiary/aromatic N) is 3. The predicted octanol–water partition coefficient (Wildman–Crippen LogP) is 4.03. The maximum absolute atomic E-state index is 13.6. The summed E-state index contributed by atoms with van der Waals surface area (Å²) < 4.78 is 5.05. The number of piperazine rings is 2. The zero-order chi connectivity index (χ0) is 31.9. The molecule has 9 nitrogen and oxygen atoms in total. The minimum atomic E-state index is -0.312. The molecule has 0 radical (unpaired) electrons. The number of amides is 1. The van der Waals surface area contributed by atoms with Crippen molar-refractivity contribution in [2.75, 3.05) is 68.8 Å². The molecule has 0 saturated carbocycles. The van der Waals surface area contributed by atoms with Gasteiger partial charge in [-0.25, -0.2) is 4.79 Å². The van der Waals surface area contributed by atoms with Crippen LogP contribution in [0.1, 0.15) is 60.7 Å². The average molecular weight is 616 g/mol. The van der Waals surface area contributed by atoms with E-state index in [0.717, 1.165) is 72.9 Å². The van der Waals surface area contributed by atoms with E-state index in [2.05, 4.69) is 53.0 Å². The van der Waals surface area contributed by atoms with Gasteiger partial charge in [0.2, 0.25) is 0 Å². The van der Waals surface area contributed by atoms with Crippen molar-refractivity contribution in [3.63, 3.8) is 0 Å². The monoisotopic (exact) mass is 615 g/mol. The number of phenols is 1. The number of likely N-dealkylation sites (tertiary alicyclic amines) is 1. The summed E-state index contributed by atoms with van der Waals surface area (Å²) in [6, 6.07) is 10.7. The van der Waals surface area contributed by atoms with Crippen LogP contribution in [0.2, 0.25) is 0 Å². The van der Waals surface area contributed by atoms with Crippen molar-refractivity contribution >= 4 is 23.3 Å². The van der Waals surface area contributed by atoms with E-state index in [1.807, 2.05) is 29.2 Å². The lowest BCUT2D eigenvalue weighted by Gasteiger charge is -2.41. The van der Waals surface area contributed by atoms with Crippen molar-refractivity contribution in [3.8, 4) is 5.75 Å². The van der Waals surface area contributed by atoms with E-state index in [9.17, 15) is 14.7 Å². The summed E-state index contributed by atoms with van der Waals surface area (Å²) in [5, 5.41) is 19.0. The number of nitrogens with one attached hydrogen (secondary N) is 2. The number of carbonyl (C=O) groups excluding carboxylic acids is 2. The van der Waals surface area contributed by atoms with Crippen LogP contribution in [0.25, 0.3) is 0 Å². The fraction of sp³-hybridized carbons (Fsp3) is 0.500. The molecule has 45 heavy (non-hydrogen) atoms. The van der Waals surface area contributed by atoms with Crippen LogP contribution in [-0.4, -0.2) is 92.9 Å². The molecule has 3 saturated heterocycles. The van der Waals surface area contributed by atoms with Gasteiger partial charge >= 0.3 is 5.97 Å². The maximum atomic E-state index is 13.6.